The lowest BCUT2D eigenvalue weighted by atomic mass is 10.1. The molecule has 11 heteroatoms. The molecule has 198 valence electrons. The maximum absolute atomic E-state index is 13.0. The Balaban J connectivity index is 1.70. The van der Waals surface area contributed by atoms with Gasteiger partial charge in [0, 0.05) is 28.6 Å². The third-order valence-corrected chi connectivity index (χ3v) is 7.93. The molecule has 0 bridgehead atoms. The van der Waals surface area contributed by atoms with E-state index in [9.17, 15) is 9.59 Å². The molecule has 1 aliphatic rings. The van der Waals surface area contributed by atoms with Gasteiger partial charge in [-0.1, -0.05) is 59.7 Å². The lowest BCUT2D eigenvalue weighted by Crippen LogP contribution is -2.29. The van der Waals surface area contributed by atoms with E-state index >= 15 is 0 Å². The van der Waals surface area contributed by atoms with Crippen molar-refractivity contribution in [2.75, 3.05) is 20.3 Å². The molecule has 1 fully saturated rings. The molecular formula is C26H26BrCl2NO5S2. The van der Waals surface area contributed by atoms with E-state index < -0.39 is 0 Å². The number of halogens is 3. The average Bonchev–Trinajstić information content (AvgIpc) is 3.11. The van der Waals surface area contributed by atoms with Gasteiger partial charge in [-0.2, -0.15) is 0 Å². The van der Waals surface area contributed by atoms with Crippen molar-refractivity contribution >= 4 is 85.4 Å². The van der Waals surface area contributed by atoms with Crippen LogP contribution in [0.4, 0.5) is 0 Å². The van der Waals surface area contributed by atoms with Crippen LogP contribution in [0.5, 0.6) is 11.5 Å². The van der Waals surface area contributed by atoms with Gasteiger partial charge in [-0.25, -0.2) is 0 Å². The lowest BCUT2D eigenvalue weighted by molar-refractivity contribution is -0.140. The number of unbranched alkanes of at least 4 members (excludes halogenated alkanes) is 2. The van der Waals surface area contributed by atoms with Gasteiger partial charge in [-0.3, -0.25) is 14.5 Å². The van der Waals surface area contributed by atoms with Gasteiger partial charge in [0.15, 0.2) is 11.5 Å². The monoisotopic (exact) mass is 645 g/mol. The van der Waals surface area contributed by atoms with Crippen LogP contribution in [0, 0.1) is 0 Å². The number of thiocarbonyl (C=S) groups is 1. The van der Waals surface area contributed by atoms with Crippen LogP contribution in [0.15, 0.2) is 39.7 Å². The Labute approximate surface area is 244 Å². The molecular weight excluding hydrogens is 621 g/mol. The van der Waals surface area contributed by atoms with Crippen LogP contribution in [0.25, 0.3) is 6.08 Å². The summed E-state index contributed by atoms with van der Waals surface area (Å²) in [6.07, 6.45) is 4.44. The van der Waals surface area contributed by atoms with Crippen LogP contribution in [-0.2, 0) is 20.9 Å². The van der Waals surface area contributed by atoms with E-state index in [-0.39, 0.29) is 18.5 Å². The fourth-order valence-electron chi connectivity index (χ4n) is 3.53. The molecule has 0 unspecified atom stereocenters. The smallest absolute Gasteiger partial charge is 0.305 e. The molecule has 0 spiro atoms. The minimum absolute atomic E-state index is 0.130. The molecule has 1 saturated heterocycles. The number of carbonyl (C=O) groups excluding carboxylic acids is 2. The Kier molecular flexibility index (Phi) is 11.6. The lowest BCUT2D eigenvalue weighted by Gasteiger charge is -2.15. The zero-order valence-electron chi connectivity index (χ0n) is 20.4. The first-order valence-corrected chi connectivity index (χ1v) is 14.4. The Morgan fingerprint density at radius 3 is 2.65 bits per heavy atom. The predicted octanol–water partition coefficient (Wildman–Crippen LogP) is 7.67. The van der Waals surface area contributed by atoms with Crippen molar-refractivity contribution < 1.29 is 23.8 Å². The Morgan fingerprint density at radius 1 is 1.16 bits per heavy atom. The molecule has 2 aromatic rings. The normalized spacial score (nSPS) is 14.4. The first kappa shape index (κ1) is 29.8. The summed E-state index contributed by atoms with van der Waals surface area (Å²) in [6, 6.07) is 8.93. The van der Waals surface area contributed by atoms with Crippen molar-refractivity contribution in [1.82, 2.24) is 4.90 Å². The van der Waals surface area contributed by atoms with E-state index in [0.29, 0.717) is 61.2 Å². The molecule has 1 aliphatic heterocycles. The minimum atomic E-state index is -0.226. The van der Waals surface area contributed by atoms with E-state index in [1.807, 2.05) is 25.1 Å². The Hall–Kier alpha value is -1.78. The van der Waals surface area contributed by atoms with Crippen LogP contribution in [-0.4, -0.2) is 41.4 Å². The van der Waals surface area contributed by atoms with Crippen molar-refractivity contribution in [2.24, 2.45) is 0 Å². The SMILES string of the molecule is CCOc1cc(/C=C2\SC(=S)N(CCCCCC(=O)OC)C2=O)cc(Br)c1OCc1ccc(Cl)cc1Cl. The number of esters is 1. The number of nitrogens with zero attached hydrogens (tertiary/aromatic N) is 1. The van der Waals surface area contributed by atoms with Crippen LogP contribution in [0.1, 0.15) is 43.7 Å². The second-order valence-corrected chi connectivity index (χ2v) is 11.4. The van der Waals surface area contributed by atoms with Crippen molar-refractivity contribution in [1.29, 1.82) is 0 Å². The second kappa shape index (κ2) is 14.4. The fourth-order valence-corrected chi connectivity index (χ4v) is 5.87. The zero-order chi connectivity index (χ0) is 26.9. The summed E-state index contributed by atoms with van der Waals surface area (Å²) in [5, 5.41) is 1.07. The van der Waals surface area contributed by atoms with Crippen LogP contribution < -0.4 is 9.47 Å². The molecule has 1 amide bonds. The number of hydrogen-bond acceptors (Lipinski definition) is 7. The number of methoxy groups -OCH3 is 1. The number of benzene rings is 2. The van der Waals surface area contributed by atoms with Crippen LogP contribution in [0.2, 0.25) is 10.0 Å². The first-order valence-electron chi connectivity index (χ1n) is 11.6. The molecule has 0 saturated carbocycles. The highest BCUT2D eigenvalue weighted by Crippen LogP contribution is 2.40. The van der Waals surface area contributed by atoms with Gasteiger partial charge in [0.25, 0.3) is 5.91 Å². The van der Waals surface area contributed by atoms with E-state index in [2.05, 4.69) is 20.7 Å². The van der Waals surface area contributed by atoms with E-state index in [0.717, 1.165) is 24.0 Å². The van der Waals surface area contributed by atoms with E-state index in [4.69, 9.17) is 44.9 Å². The largest absolute Gasteiger partial charge is 0.490 e. The van der Waals surface area contributed by atoms with Crippen LogP contribution in [0.3, 0.4) is 0 Å². The van der Waals surface area contributed by atoms with Crippen LogP contribution >= 0.6 is 63.1 Å². The zero-order valence-corrected chi connectivity index (χ0v) is 25.1. The van der Waals surface area contributed by atoms with Gasteiger partial charge in [-0.15, -0.1) is 0 Å². The first-order chi connectivity index (χ1) is 17.7. The predicted molar refractivity (Wildman–Crippen MR) is 156 cm³/mol. The quantitative estimate of drug-likeness (QED) is 0.101. The van der Waals surface area contributed by atoms with Crippen molar-refractivity contribution in [3.63, 3.8) is 0 Å². The van der Waals surface area contributed by atoms with Gasteiger partial charge in [-0.05, 0) is 71.6 Å². The number of hydrogen-bond donors (Lipinski definition) is 0. The highest BCUT2D eigenvalue weighted by Gasteiger charge is 2.31. The Morgan fingerprint density at radius 2 is 1.95 bits per heavy atom. The van der Waals surface area contributed by atoms with Crippen molar-refractivity contribution in [2.45, 2.75) is 39.2 Å². The second-order valence-electron chi connectivity index (χ2n) is 8.01. The highest BCUT2D eigenvalue weighted by molar-refractivity contribution is 9.10. The molecule has 1 heterocycles. The molecule has 0 atom stereocenters. The van der Waals surface area contributed by atoms with Gasteiger partial charge in [0.05, 0.1) is 23.1 Å². The average molecular weight is 647 g/mol. The summed E-state index contributed by atoms with van der Waals surface area (Å²) in [7, 11) is 1.38. The minimum Gasteiger partial charge on any atom is -0.490 e. The molecule has 0 N–H and O–H groups in total. The summed E-state index contributed by atoms with van der Waals surface area (Å²) in [6.45, 7) is 3.06. The summed E-state index contributed by atoms with van der Waals surface area (Å²) >= 11 is 22.5. The van der Waals surface area contributed by atoms with Crippen molar-refractivity contribution in [3.8, 4) is 11.5 Å². The van der Waals surface area contributed by atoms with Gasteiger partial charge in [0.1, 0.15) is 10.9 Å². The van der Waals surface area contributed by atoms with E-state index in [1.54, 1.807) is 23.1 Å². The topological polar surface area (TPSA) is 65.1 Å². The molecule has 0 aromatic heterocycles. The maximum Gasteiger partial charge on any atom is 0.305 e. The standard InChI is InChI=1S/C26H26BrCl2NO5S2/c1-3-34-21-12-16(11-19(27)24(21)35-15-17-8-9-18(28)14-20(17)29)13-22-25(32)30(26(36)37-22)10-6-4-5-7-23(31)33-2/h8-9,11-14H,3-7,10,15H2,1-2H3/b22-13-. The molecule has 37 heavy (non-hydrogen) atoms. The summed E-state index contributed by atoms with van der Waals surface area (Å²) in [5.41, 5.74) is 1.56. The highest BCUT2D eigenvalue weighted by atomic mass is 79.9. The third-order valence-electron chi connectivity index (χ3n) is 5.38. The van der Waals surface area contributed by atoms with Gasteiger partial charge >= 0.3 is 5.97 Å². The number of thioether (sulfide) groups is 1. The van der Waals surface area contributed by atoms with Gasteiger partial charge < -0.3 is 14.2 Å². The fraction of sp³-hybridized carbons (Fsp3) is 0.346. The third kappa shape index (κ3) is 8.35. The number of ether oxygens (including phenoxy) is 3. The summed E-state index contributed by atoms with van der Waals surface area (Å²) in [5.74, 6) is 0.713. The number of rotatable bonds is 12. The molecule has 6 nitrogen and oxygen atoms in total. The van der Waals surface area contributed by atoms with E-state index in [1.165, 1.54) is 18.9 Å². The van der Waals surface area contributed by atoms with Gasteiger partial charge in [0.2, 0.25) is 0 Å². The maximum atomic E-state index is 13.0. The number of carbonyl (C=O) groups is 2. The molecule has 0 radical (unpaired) electrons. The molecule has 0 aliphatic carbocycles. The Bertz CT molecular complexity index is 1210. The summed E-state index contributed by atoms with van der Waals surface area (Å²) in [4.78, 5) is 26.4. The van der Waals surface area contributed by atoms with Crippen molar-refractivity contribution in [3.05, 3.63) is 60.9 Å². The molecule has 2 aromatic carbocycles. The number of amides is 1. The summed E-state index contributed by atoms with van der Waals surface area (Å²) < 4.78 is 17.7. The molecule has 3 rings (SSSR count).